The summed E-state index contributed by atoms with van der Waals surface area (Å²) in [6.07, 6.45) is 1.06. The van der Waals surface area contributed by atoms with Crippen molar-refractivity contribution in [2.24, 2.45) is 0 Å². The standard InChI is InChI=1S/C21H18ClN3O3/c1-27-14-8-9-18(28-2)17(11-14)24-20-15-5-3-4-6-16(15)21(26)25(20)19-10-7-13(22)12-23-19/h3-12,20,24H,1-2H3. The summed E-state index contributed by atoms with van der Waals surface area (Å²) >= 11 is 5.97. The van der Waals surface area contributed by atoms with Gasteiger partial charge in [0.15, 0.2) is 0 Å². The van der Waals surface area contributed by atoms with Gasteiger partial charge in [-0.15, -0.1) is 0 Å². The molecular formula is C21H18ClN3O3. The van der Waals surface area contributed by atoms with Crippen LogP contribution in [-0.2, 0) is 0 Å². The Bertz CT molecular complexity index is 1020. The fourth-order valence-corrected chi connectivity index (χ4v) is 3.39. The summed E-state index contributed by atoms with van der Waals surface area (Å²) in [7, 11) is 3.20. The van der Waals surface area contributed by atoms with E-state index < -0.39 is 6.17 Å². The van der Waals surface area contributed by atoms with Gasteiger partial charge in [-0.25, -0.2) is 4.98 Å². The van der Waals surface area contributed by atoms with Crippen molar-refractivity contribution in [2.45, 2.75) is 6.17 Å². The van der Waals surface area contributed by atoms with Gasteiger partial charge in [0.05, 0.1) is 24.9 Å². The van der Waals surface area contributed by atoms with E-state index in [1.807, 2.05) is 42.5 Å². The molecule has 1 N–H and O–H groups in total. The molecule has 1 unspecified atom stereocenters. The van der Waals surface area contributed by atoms with Crippen molar-refractivity contribution < 1.29 is 14.3 Å². The summed E-state index contributed by atoms with van der Waals surface area (Å²) in [5.41, 5.74) is 2.18. The van der Waals surface area contributed by atoms with Crippen LogP contribution in [0.25, 0.3) is 0 Å². The van der Waals surface area contributed by atoms with Gasteiger partial charge in [-0.05, 0) is 30.3 Å². The van der Waals surface area contributed by atoms with Gasteiger partial charge in [0.1, 0.15) is 23.5 Å². The number of ether oxygens (including phenoxy) is 2. The summed E-state index contributed by atoms with van der Waals surface area (Å²) in [6, 6.07) is 16.4. The third-order valence-corrected chi connectivity index (χ3v) is 4.84. The lowest BCUT2D eigenvalue weighted by molar-refractivity contribution is 0.0992. The quantitative estimate of drug-likeness (QED) is 0.688. The first-order valence-corrected chi connectivity index (χ1v) is 9.03. The molecule has 0 aliphatic carbocycles. The topological polar surface area (TPSA) is 63.7 Å². The maximum atomic E-state index is 13.1. The molecule has 1 amide bonds. The third-order valence-electron chi connectivity index (χ3n) is 4.62. The molecule has 3 aromatic rings. The number of pyridine rings is 1. The Kier molecular flexibility index (Phi) is 4.79. The Hall–Kier alpha value is -3.25. The molecule has 1 aromatic heterocycles. The van der Waals surface area contributed by atoms with Crippen LogP contribution in [0.5, 0.6) is 11.5 Å². The van der Waals surface area contributed by atoms with E-state index in [0.717, 1.165) is 5.56 Å². The number of nitrogens with zero attached hydrogens (tertiary/aromatic N) is 2. The van der Waals surface area contributed by atoms with Crippen molar-refractivity contribution in [3.05, 3.63) is 76.9 Å². The molecule has 6 nitrogen and oxygen atoms in total. The Morgan fingerprint density at radius 2 is 1.89 bits per heavy atom. The van der Waals surface area contributed by atoms with Gasteiger partial charge in [0, 0.05) is 23.4 Å². The second kappa shape index (κ2) is 7.40. The van der Waals surface area contributed by atoms with Crippen LogP contribution < -0.4 is 19.7 Å². The average Bonchev–Trinajstić information content (AvgIpc) is 3.00. The van der Waals surface area contributed by atoms with E-state index in [9.17, 15) is 4.79 Å². The number of amides is 1. The number of halogens is 1. The zero-order chi connectivity index (χ0) is 19.7. The molecule has 0 bridgehead atoms. The molecule has 2 heterocycles. The van der Waals surface area contributed by atoms with E-state index in [1.54, 1.807) is 31.3 Å². The molecule has 142 valence electrons. The third kappa shape index (κ3) is 3.12. The number of benzene rings is 2. The van der Waals surface area contributed by atoms with Crippen LogP contribution in [0.3, 0.4) is 0 Å². The van der Waals surface area contributed by atoms with E-state index in [0.29, 0.717) is 33.6 Å². The highest BCUT2D eigenvalue weighted by atomic mass is 35.5. The predicted octanol–water partition coefficient (Wildman–Crippen LogP) is 4.52. The number of carbonyl (C=O) groups excluding carboxylic acids is 1. The van der Waals surface area contributed by atoms with Gasteiger partial charge in [-0.3, -0.25) is 9.69 Å². The molecule has 0 radical (unpaired) electrons. The van der Waals surface area contributed by atoms with E-state index in [1.165, 1.54) is 6.20 Å². The molecule has 0 saturated carbocycles. The summed E-state index contributed by atoms with van der Waals surface area (Å²) in [5, 5.41) is 3.92. The van der Waals surface area contributed by atoms with Crippen molar-refractivity contribution in [1.82, 2.24) is 4.98 Å². The number of anilines is 2. The van der Waals surface area contributed by atoms with Crippen LogP contribution in [-0.4, -0.2) is 25.1 Å². The fraction of sp³-hybridized carbons (Fsp3) is 0.143. The van der Waals surface area contributed by atoms with Gasteiger partial charge in [0.2, 0.25) is 0 Å². The number of hydrogen-bond acceptors (Lipinski definition) is 5. The largest absolute Gasteiger partial charge is 0.497 e. The fourth-order valence-electron chi connectivity index (χ4n) is 3.28. The molecule has 0 fully saturated rings. The highest BCUT2D eigenvalue weighted by molar-refractivity contribution is 6.30. The first-order chi connectivity index (χ1) is 13.6. The van der Waals surface area contributed by atoms with Crippen molar-refractivity contribution in [3.8, 4) is 11.5 Å². The maximum Gasteiger partial charge on any atom is 0.261 e. The number of rotatable bonds is 5. The molecule has 2 aromatic carbocycles. The van der Waals surface area contributed by atoms with Crippen molar-refractivity contribution >= 4 is 29.0 Å². The normalized spacial score (nSPS) is 15.3. The van der Waals surface area contributed by atoms with Gasteiger partial charge in [-0.2, -0.15) is 0 Å². The Labute approximate surface area is 167 Å². The van der Waals surface area contributed by atoms with E-state index in [4.69, 9.17) is 21.1 Å². The average molecular weight is 396 g/mol. The van der Waals surface area contributed by atoms with E-state index in [-0.39, 0.29) is 5.91 Å². The number of aromatic nitrogens is 1. The lowest BCUT2D eigenvalue weighted by Crippen LogP contribution is -2.33. The summed E-state index contributed by atoms with van der Waals surface area (Å²) in [4.78, 5) is 19.1. The smallest absolute Gasteiger partial charge is 0.261 e. The van der Waals surface area contributed by atoms with Crippen LogP contribution in [0.1, 0.15) is 22.1 Å². The van der Waals surface area contributed by atoms with Gasteiger partial charge in [-0.1, -0.05) is 29.8 Å². The monoisotopic (exact) mass is 395 g/mol. The molecule has 0 spiro atoms. The van der Waals surface area contributed by atoms with Gasteiger partial charge in [0.25, 0.3) is 5.91 Å². The summed E-state index contributed by atoms with van der Waals surface area (Å²) < 4.78 is 10.8. The van der Waals surface area contributed by atoms with Crippen molar-refractivity contribution in [2.75, 3.05) is 24.4 Å². The van der Waals surface area contributed by atoms with Crippen LogP contribution in [0.2, 0.25) is 5.02 Å². The molecule has 1 aliphatic rings. The second-order valence-corrected chi connectivity index (χ2v) is 6.65. The number of methoxy groups -OCH3 is 2. The zero-order valence-electron chi connectivity index (χ0n) is 15.3. The van der Waals surface area contributed by atoms with E-state index in [2.05, 4.69) is 10.3 Å². The number of carbonyl (C=O) groups is 1. The number of nitrogens with one attached hydrogen (secondary N) is 1. The highest BCUT2D eigenvalue weighted by Gasteiger charge is 2.38. The minimum atomic E-state index is -0.460. The lowest BCUT2D eigenvalue weighted by Gasteiger charge is -2.27. The second-order valence-electron chi connectivity index (χ2n) is 6.21. The zero-order valence-corrected chi connectivity index (χ0v) is 16.1. The Balaban J connectivity index is 1.80. The van der Waals surface area contributed by atoms with Gasteiger partial charge < -0.3 is 14.8 Å². The van der Waals surface area contributed by atoms with Crippen LogP contribution in [0.15, 0.2) is 60.8 Å². The summed E-state index contributed by atoms with van der Waals surface area (Å²) in [6.45, 7) is 0. The molecule has 1 atom stereocenters. The maximum absolute atomic E-state index is 13.1. The minimum absolute atomic E-state index is 0.134. The Morgan fingerprint density at radius 3 is 2.61 bits per heavy atom. The molecule has 1 aliphatic heterocycles. The first-order valence-electron chi connectivity index (χ1n) is 8.65. The molecule has 4 rings (SSSR count). The molecule has 7 heteroatoms. The van der Waals surface area contributed by atoms with Crippen LogP contribution >= 0.6 is 11.6 Å². The lowest BCUT2D eigenvalue weighted by atomic mass is 10.1. The summed E-state index contributed by atoms with van der Waals surface area (Å²) in [5.74, 6) is 1.69. The molecular weight excluding hydrogens is 378 g/mol. The minimum Gasteiger partial charge on any atom is -0.497 e. The van der Waals surface area contributed by atoms with E-state index >= 15 is 0 Å². The van der Waals surface area contributed by atoms with Gasteiger partial charge >= 0.3 is 0 Å². The first kappa shape index (κ1) is 18.1. The SMILES string of the molecule is COc1ccc(OC)c(NC2c3ccccc3C(=O)N2c2ccc(Cl)cn2)c1. The number of hydrogen-bond donors (Lipinski definition) is 1. The number of fused-ring (bicyclic) bond motifs is 1. The van der Waals surface area contributed by atoms with Crippen molar-refractivity contribution in [3.63, 3.8) is 0 Å². The van der Waals surface area contributed by atoms with Crippen molar-refractivity contribution in [1.29, 1.82) is 0 Å². The Morgan fingerprint density at radius 1 is 1.07 bits per heavy atom. The predicted molar refractivity (Wildman–Crippen MR) is 108 cm³/mol. The van der Waals surface area contributed by atoms with Crippen LogP contribution in [0.4, 0.5) is 11.5 Å². The molecule has 28 heavy (non-hydrogen) atoms. The van der Waals surface area contributed by atoms with Crippen LogP contribution in [0, 0.1) is 0 Å². The molecule has 0 saturated heterocycles. The highest BCUT2D eigenvalue weighted by Crippen LogP contribution is 2.40.